The first-order chi connectivity index (χ1) is 7.26. The number of rotatable bonds is 3. The molecule has 0 aliphatic carbocycles. The molecule has 1 aromatic carbocycles. The Hall–Kier alpha value is 0.480. The lowest BCUT2D eigenvalue weighted by molar-refractivity contribution is -0.385. The van der Waals surface area contributed by atoms with E-state index in [1.165, 1.54) is 12.1 Å². The third-order valence-corrected chi connectivity index (χ3v) is 6.01. The van der Waals surface area contributed by atoms with Gasteiger partial charge in [0.05, 0.1) is 10.5 Å². The normalized spacial score (nSPS) is 13.5. The summed E-state index contributed by atoms with van der Waals surface area (Å²) in [7, 11) is 0. The molecule has 1 atom stereocenters. The molecule has 0 aliphatic rings. The Morgan fingerprint density at radius 1 is 1.50 bits per heavy atom. The summed E-state index contributed by atoms with van der Waals surface area (Å²) in [5, 5.41) is 11.0. The predicted octanol–water partition coefficient (Wildman–Crippen LogP) is 3.45. The number of nitrogens with zero attached hydrogens (tertiary/aromatic N) is 1. The summed E-state index contributed by atoms with van der Waals surface area (Å²) in [5.74, 6) is 0. The highest BCUT2D eigenvalue weighted by Crippen LogP contribution is 2.46. The van der Waals surface area contributed by atoms with Gasteiger partial charge in [-0.15, -0.1) is 0 Å². The van der Waals surface area contributed by atoms with E-state index in [0.717, 1.165) is 6.07 Å². The molecular weight excluding hydrogens is 483 g/mol. The number of halogens is 3. The lowest BCUT2D eigenvalue weighted by Gasteiger charge is -2.16. The van der Waals surface area contributed by atoms with Crippen molar-refractivity contribution in [3.05, 3.63) is 38.9 Å². The van der Waals surface area contributed by atoms with E-state index in [9.17, 15) is 14.3 Å². The summed E-state index contributed by atoms with van der Waals surface area (Å²) in [6.07, 6.45) is 0. The van der Waals surface area contributed by atoms with Gasteiger partial charge in [-0.1, -0.05) is 11.6 Å². The van der Waals surface area contributed by atoms with Gasteiger partial charge < -0.3 is 4.55 Å². The lowest BCUT2D eigenvalue weighted by Crippen LogP contribution is -2.17. The number of nitro groups is 1. The van der Waals surface area contributed by atoms with Crippen LogP contribution in [-0.4, -0.2) is 13.7 Å². The second-order valence-electron chi connectivity index (χ2n) is 2.68. The van der Waals surface area contributed by atoms with E-state index in [2.05, 4.69) is 0 Å². The van der Waals surface area contributed by atoms with E-state index in [1.54, 1.807) is 45.2 Å². The molecule has 0 aliphatic heterocycles. The third-order valence-electron chi connectivity index (χ3n) is 1.69. The van der Waals surface area contributed by atoms with E-state index in [0.29, 0.717) is 0 Å². The summed E-state index contributed by atoms with van der Waals surface area (Å²) in [6, 6.07) is 3.99. The average Bonchev–Trinajstić information content (AvgIpc) is 2.16. The molecule has 5 nitrogen and oxygen atoms in total. The summed E-state index contributed by atoms with van der Waals surface area (Å²) in [5.41, 5.74) is -0.109. The van der Waals surface area contributed by atoms with Gasteiger partial charge in [0.25, 0.3) is 5.69 Å². The second kappa shape index (κ2) is 5.42. The van der Waals surface area contributed by atoms with Crippen molar-refractivity contribution in [2.75, 3.05) is 0 Å². The van der Waals surface area contributed by atoms with E-state index in [-0.39, 0.29) is 16.3 Å². The van der Waals surface area contributed by atoms with Gasteiger partial charge >= 0.3 is 0 Å². The fourth-order valence-electron chi connectivity index (χ4n) is 0.996. The van der Waals surface area contributed by atoms with Crippen LogP contribution in [-0.2, 0) is 11.8 Å². The van der Waals surface area contributed by atoms with E-state index in [4.69, 9.17) is 16.2 Å². The van der Waals surface area contributed by atoms with Gasteiger partial charge in [-0.3, -0.25) is 10.1 Å². The van der Waals surface area contributed by atoms with Gasteiger partial charge in [0.15, 0.2) is 11.1 Å². The van der Waals surface area contributed by atoms with Crippen molar-refractivity contribution < 1.29 is 13.7 Å². The number of alkyl halides is 2. The lowest BCUT2D eigenvalue weighted by atomic mass is 10.2. The van der Waals surface area contributed by atoms with Crippen LogP contribution in [0.15, 0.2) is 18.2 Å². The molecule has 16 heavy (non-hydrogen) atoms. The molecule has 0 fully saturated rings. The van der Waals surface area contributed by atoms with Gasteiger partial charge in [0, 0.05) is 11.1 Å². The maximum absolute atomic E-state index is 11.1. The minimum absolute atomic E-state index is 0.156. The van der Waals surface area contributed by atoms with Crippen molar-refractivity contribution in [1.82, 2.24) is 0 Å². The zero-order valence-electron chi connectivity index (χ0n) is 7.39. The molecule has 0 spiro atoms. The van der Waals surface area contributed by atoms with Crippen LogP contribution in [0.2, 0.25) is 5.02 Å². The monoisotopic (exact) mass is 487 g/mol. The number of nitro benzene ring substituents is 1. The molecule has 1 N–H and O–H groups in total. The second-order valence-corrected chi connectivity index (χ2v) is 11.0. The summed E-state index contributed by atoms with van der Waals surface area (Å²) in [6.45, 7) is 0. The van der Waals surface area contributed by atoms with Crippen LogP contribution >= 0.6 is 56.8 Å². The summed E-state index contributed by atoms with van der Waals surface area (Å²) in [4.78, 5) is 10.2. The van der Waals surface area contributed by atoms with Gasteiger partial charge in [-0.25, -0.2) is 4.21 Å². The zero-order chi connectivity index (χ0) is 12.5. The van der Waals surface area contributed by atoms with Gasteiger partial charge in [0.2, 0.25) is 0.760 Å². The van der Waals surface area contributed by atoms with Crippen molar-refractivity contribution >= 4 is 73.6 Å². The van der Waals surface area contributed by atoms with Gasteiger partial charge in [-0.05, 0) is 57.3 Å². The maximum atomic E-state index is 11.1. The Bertz CT molecular complexity index is 468. The van der Waals surface area contributed by atoms with E-state index < -0.39 is 16.8 Å². The third kappa shape index (κ3) is 3.03. The van der Waals surface area contributed by atoms with E-state index >= 15 is 0 Å². The predicted molar refractivity (Wildman–Crippen MR) is 78.6 cm³/mol. The van der Waals surface area contributed by atoms with E-state index in [1.807, 2.05) is 0 Å². The minimum atomic E-state index is -2.23. The molecule has 1 unspecified atom stereocenters. The van der Waals surface area contributed by atoms with Crippen LogP contribution in [0.3, 0.4) is 0 Å². The molecular formula is C7H4ClI2NO4S. The zero-order valence-corrected chi connectivity index (χ0v) is 13.3. The molecule has 0 heterocycles. The van der Waals surface area contributed by atoms with Crippen molar-refractivity contribution in [2.45, 2.75) is 0.760 Å². The first-order valence-corrected chi connectivity index (χ1v) is 7.34. The van der Waals surface area contributed by atoms with Gasteiger partial charge in [-0.2, -0.15) is 0 Å². The van der Waals surface area contributed by atoms with Crippen LogP contribution < -0.4 is 0 Å². The van der Waals surface area contributed by atoms with Crippen molar-refractivity contribution in [3.63, 3.8) is 0 Å². The SMILES string of the molecule is O=[N+]([O-])c1cc(Cl)ccc1C(I)(I)S(=O)O. The van der Waals surface area contributed by atoms with Crippen LogP contribution in [0, 0.1) is 10.1 Å². The quantitative estimate of drug-likeness (QED) is 0.233. The first-order valence-electron chi connectivity index (χ1n) is 3.70. The highest BCUT2D eigenvalue weighted by molar-refractivity contribution is 14.2. The number of benzene rings is 1. The highest BCUT2D eigenvalue weighted by atomic mass is 127. The minimum Gasteiger partial charge on any atom is -0.304 e. The largest absolute Gasteiger partial charge is 0.304 e. The summed E-state index contributed by atoms with van der Waals surface area (Å²) < 4.78 is 19.0. The molecule has 0 amide bonds. The molecule has 1 rings (SSSR count). The molecule has 0 radical (unpaired) electrons. The Morgan fingerprint density at radius 2 is 2.06 bits per heavy atom. The highest BCUT2D eigenvalue weighted by Gasteiger charge is 2.38. The number of hydrogen-bond acceptors (Lipinski definition) is 3. The molecule has 0 aromatic heterocycles. The van der Waals surface area contributed by atoms with Gasteiger partial charge in [0.1, 0.15) is 0 Å². The van der Waals surface area contributed by atoms with Crippen molar-refractivity contribution in [1.29, 1.82) is 0 Å². The molecule has 88 valence electrons. The van der Waals surface area contributed by atoms with Crippen molar-refractivity contribution in [2.24, 2.45) is 0 Å². The molecule has 1 aromatic rings. The van der Waals surface area contributed by atoms with Crippen LogP contribution in [0.5, 0.6) is 0 Å². The molecule has 0 bridgehead atoms. The Balaban J connectivity index is 3.45. The molecule has 0 saturated heterocycles. The van der Waals surface area contributed by atoms with Crippen molar-refractivity contribution in [3.8, 4) is 0 Å². The average molecular weight is 487 g/mol. The standard InChI is InChI=1S/C7H4ClI2NO4S/c8-4-1-2-5(6(3-4)11(12)13)7(9,10)16(14)15/h1-3H,(H,14,15). The fourth-order valence-corrected chi connectivity index (χ4v) is 2.44. The van der Waals surface area contributed by atoms with Crippen LogP contribution in [0.25, 0.3) is 0 Å². The smallest absolute Gasteiger partial charge is 0.277 e. The van der Waals surface area contributed by atoms with Crippen LogP contribution in [0.4, 0.5) is 5.69 Å². The van der Waals surface area contributed by atoms with Crippen LogP contribution in [0.1, 0.15) is 5.56 Å². The molecule has 9 heteroatoms. The fraction of sp³-hybridized carbons (Fsp3) is 0.143. The Kier molecular flexibility index (Phi) is 4.92. The topological polar surface area (TPSA) is 80.4 Å². The Labute approximate surface area is 126 Å². The maximum Gasteiger partial charge on any atom is 0.277 e. The Morgan fingerprint density at radius 3 is 2.50 bits per heavy atom. The number of hydrogen-bond donors (Lipinski definition) is 1. The summed E-state index contributed by atoms with van der Waals surface area (Å²) >= 11 is 6.79. The molecule has 0 saturated carbocycles. The first kappa shape index (κ1) is 14.5.